The third kappa shape index (κ3) is 5.74. The molecule has 1 fully saturated rings. The number of amides is 1. The Bertz CT molecular complexity index is 628. The van der Waals surface area contributed by atoms with Gasteiger partial charge in [-0.05, 0) is 38.8 Å². The molecule has 25 heavy (non-hydrogen) atoms. The largest absolute Gasteiger partial charge is 0.336 e. The molecule has 0 radical (unpaired) electrons. The van der Waals surface area contributed by atoms with Gasteiger partial charge in [-0.25, -0.2) is 0 Å². The Labute approximate surface area is 155 Å². The van der Waals surface area contributed by atoms with Crippen molar-refractivity contribution < 1.29 is 14.5 Å². The first-order chi connectivity index (χ1) is 11.8. The number of carbonyl (C=O) groups is 2. The van der Waals surface area contributed by atoms with Gasteiger partial charge >= 0.3 is 0 Å². The van der Waals surface area contributed by atoms with Gasteiger partial charge in [0, 0.05) is 27.0 Å². The van der Waals surface area contributed by atoms with Crippen LogP contribution in [0.5, 0.6) is 0 Å². The van der Waals surface area contributed by atoms with Crippen LogP contribution < -0.4 is 5.32 Å². The molecule has 6 nitrogen and oxygen atoms in total. The average Bonchev–Trinajstić information content (AvgIpc) is 3.05. The molecule has 2 rings (SSSR count). The average molecular weight is 383 g/mol. The van der Waals surface area contributed by atoms with Crippen LogP contribution in [0.3, 0.4) is 0 Å². The third-order valence-corrected chi connectivity index (χ3v) is 6.59. The Morgan fingerprint density at radius 3 is 2.44 bits per heavy atom. The summed E-state index contributed by atoms with van der Waals surface area (Å²) in [6.07, 6.45) is 5.16. The number of hydrogen-bond acceptors (Lipinski definition) is 6. The number of non-ortho nitro benzene ring substituents is 1. The van der Waals surface area contributed by atoms with E-state index in [1.165, 1.54) is 35.7 Å². The summed E-state index contributed by atoms with van der Waals surface area (Å²) in [5.74, 6) is 0. The molecule has 0 aromatic heterocycles. The highest BCUT2D eigenvalue weighted by Gasteiger charge is 2.33. The summed E-state index contributed by atoms with van der Waals surface area (Å²) < 4.78 is -0.580. The van der Waals surface area contributed by atoms with Crippen molar-refractivity contribution in [3.05, 3.63) is 34.4 Å². The standard InChI is InChI=1S/C17H22N2O4S2/c1-17(2,25-14-9-7-12(8-10-14)19(22)23)15(11-20)18-16(21)24-13-5-3-4-6-13/h7-11,13,15H,3-6H2,1-2H3,(H,18,21). The number of hydrogen-bond donors (Lipinski definition) is 1. The number of carbonyl (C=O) groups excluding carboxylic acids is 2. The van der Waals surface area contributed by atoms with Gasteiger partial charge in [-0.15, -0.1) is 11.8 Å². The summed E-state index contributed by atoms with van der Waals surface area (Å²) in [6.45, 7) is 3.75. The predicted octanol–water partition coefficient (Wildman–Crippen LogP) is 4.42. The Morgan fingerprint density at radius 2 is 1.92 bits per heavy atom. The number of nitro benzene ring substituents is 1. The summed E-state index contributed by atoms with van der Waals surface area (Å²) >= 11 is 2.69. The van der Waals surface area contributed by atoms with Crippen molar-refractivity contribution in [1.82, 2.24) is 5.32 Å². The zero-order valence-corrected chi connectivity index (χ0v) is 15.9. The maximum absolute atomic E-state index is 12.2. The summed E-state index contributed by atoms with van der Waals surface area (Å²) in [5, 5.41) is 13.7. The molecule has 1 amide bonds. The molecule has 0 spiro atoms. The molecule has 1 atom stereocenters. The number of nitrogens with zero attached hydrogens (tertiary/aromatic N) is 1. The maximum Gasteiger partial charge on any atom is 0.279 e. The van der Waals surface area contributed by atoms with Crippen molar-refractivity contribution in [1.29, 1.82) is 0 Å². The molecule has 1 saturated carbocycles. The molecule has 0 bridgehead atoms. The van der Waals surface area contributed by atoms with Gasteiger partial charge in [-0.3, -0.25) is 14.9 Å². The van der Waals surface area contributed by atoms with Gasteiger partial charge in [0.25, 0.3) is 10.9 Å². The second-order valence-electron chi connectivity index (χ2n) is 6.53. The van der Waals surface area contributed by atoms with Crippen molar-refractivity contribution in [3.63, 3.8) is 0 Å². The van der Waals surface area contributed by atoms with Gasteiger partial charge in [-0.1, -0.05) is 24.6 Å². The molecule has 1 aromatic rings. The zero-order valence-electron chi connectivity index (χ0n) is 14.3. The number of nitro groups is 1. The normalized spacial score (nSPS) is 16.4. The van der Waals surface area contributed by atoms with E-state index in [9.17, 15) is 19.7 Å². The summed E-state index contributed by atoms with van der Waals surface area (Å²) in [6, 6.07) is 5.53. The van der Waals surface area contributed by atoms with Crippen molar-refractivity contribution in [3.8, 4) is 0 Å². The predicted molar refractivity (Wildman–Crippen MR) is 101 cm³/mol. The molecule has 1 aromatic carbocycles. The van der Waals surface area contributed by atoms with E-state index in [4.69, 9.17) is 0 Å². The van der Waals surface area contributed by atoms with Gasteiger partial charge < -0.3 is 10.1 Å². The van der Waals surface area contributed by atoms with E-state index in [0.717, 1.165) is 36.9 Å². The van der Waals surface area contributed by atoms with Crippen LogP contribution in [-0.2, 0) is 4.79 Å². The lowest BCUT2D eigenvalue weighted by atomic mass is 10.1. The van der Waals surface area contributed by atoms with E-state index in [0.29, 0.717) is 5.25 Å². The minimum Gasteiger partial charge on any atom is -0.336 e. The maximum atomic E-state index is 12.2. The van der Waals surface area contributed by atoms with E-state index in [-0.39, 0.29) is 10.9 Å². The lowest BCUT2D eigenvalue weighted by Gasteiger charge is -2.30. The molecule has 0 saturated heterocycles. The smallest absolute Gasteiger partial charge is 0.279 e. The first-order valence-electron chi connectivity index (χ1n) is 8.18. The molecule has 0 aliphatic heterocycles. The number of rotatable bonds is 7. The lowest BCUT2D eigenvalue weighted by molar-refractivity contribution is -0.384. The van der Waals surface area contributed by atoms with E-state index in [1.54, 1.807) is 12.1 Å². The second-order valence-corrected chi connectivity index (χ2v) is 9.53. The summed E-state index contributed by atoms with van der Waals surface area (Å²) in [7, 11) is 0. The van der Waals surface area contributed by atoms with Crippen LogP contribution in [0.1, 0.15) is 39.5 Å². The van der Waals surface area contributed by atoms with E-state index in [2.05, 4.69) is 5.32 Å². The molecule has 8 heteroatoms. The van der Waals surface area contributed by atoms with Gasteiger partial charge in [0.15, 0.2) is 0 Å². The Kier molecular flexibility index (Phi) is 6.89. The first-order valence-corrected chi connectivity index (χ1v) is 9.87. The van der Waals surface area contributed by atoms with Crippen LogP contribution >= 0.6 is 23.5 Å². The zero-order chi connectivity index (χ0) is 18.4. The van der Waals surface area contributed by atoms with Crippen LogP contribution in [0.2, 0.25) is 0 Å². The summed E-state index contributed by atoms with van der Waals surface area (Å²) in [5.41, 5.74) is 0.0235. The van der Waals surface area contributed by atoms with Gasteiger partial charge in [0.1, 0.15) is 6.29 Å². The number of benzene rings is 1. The quantitative estimate of drug-likeness (QED) is 0.325. The fraction of sp³-hybridized carbons (Fsp3) is 0.529. The fourth-order valence-electron chi connectivity index (χ4n) is 2.69. The van der Waals surface area contributed by atoms with E-state index >= 15 is 0 Å². The van der Waals surface area contributed by atoms with Crippen molar-refractivity contribution in [2.45, 2.75) is 60.5 Å². The van der Waals surface area contributed by atoms with Gasteiger partial charge in [-0.2, -0.15) is 0 Å². The van der Waals surface area contributed by atoms with Crippen LogP contribution in [0.15, 0.2) is 29.2 Å². The Morgan fingerprint density at radius 1 is 1.32 bits per heavy atom. The van der Waals surface area contributed by atoms with Crippen molar-refractivity contribution >= 4 is 40.7 Å². The van der Waals surface area contributed by atoms with Crippen LogP contribution in [0.4, 0.5) is 10.5 Å². The molecule has 1 aliphatic rings. The van der Waals surface area contributed by atoms with Crippen molar-refractivity contribution in [2.24, 2.45) is 0 Å². The number of thioether (sulfide) groups is 2. The minimum atomic E-state index is -0.644. The van der Waals surface area contributed by atoms with Gasteiger partial charge in [0.2, 0.25) is 0 Å². The van der Waals surface area contributed by atoms with Crippen LogP contribution in [0, 0.1) is 10.1 Å². The third-order valence-electron chi connectivity index (χ3n) is 4.16. The highest BCUT2D eigenvalue weighted by Crippen LogP contribution is 2.36. The lowest BCUT2D eigenvalue weighted by Crippen LogP contribution is -2.47. The fourth-order valence-corrected chi connectivity index (χ4v) is 4.88. The van der Waals surface area contributed by atoms with Crippen LogP contribution in [0.25, 0.3) is 0 Å². The second kappa shape index (κ2) is 8.71. The Hall–Kier alpha value is -1.54. The minimum absolute atomic E-state index is 0.0235. The first kappa shape index (κ1) is 19.8. The molecule has 1 aliphatic carbocycles. The van der Waals surface area contributed by atoms with Gasteiger partial charge in [0.05, 0.1) is 11.0 Å². The molecule has 0 heterocycles. The van der Waals surface area contributed by atoms with Crippen molar-refractivity contribution in [2.75, 3.05) is 0 Å². The highest BCUT2D eigenvalue weighted by atomic mass is 32.2. The van der Waals surface area contributed by atoms with Crippen LogP contribution in [-0.4, -0.2) is 32.5 Å². The van der Waals surface area contributed by atoms with E-state index < -0.39 is 15.7 Å². The molecule has 136 valence electrons. The molecule has 1 unspecified atom stereocenters. The number of aldehydes is 1. The monoisotopic (exact) mass is 382 g/mol. The molecular weight excluding hydrogens is 360 g/mol. The summed E-state index contributed by atoms with van der Waals surface area (Å²) in [4.78, 5) is 34.8. The SMILES string of the molecule is CC(C)(Sc1ccc([N+](=O)[O-])cc1)C(C=O)NC(=O)SC1CCCC1. The van der Waals surface area contributed by atoms with E-state index in [1.807, 2.05) is 13.8 Å². The molecule has 1 N–H and O–H groups in total. The Balaban J connectivity index is 1.97. The molecular formula is C17H22N2O4S2. The topological polar surface area (TPSA) is 89.3 Å². The highest BCUT2D eigenvalue weighted by molar-refractivity contribution is 8.14. The number of nitrogens with one attached hydrogen (secondary N) is 1.